The van der Waals surface area contributed by atoms with Crippen molar-refractivity contribution in [1.82, 2.24) is 0 Å². The lowest BCUT2D eigenvalue weighted by molar-refractivity contribution is -0.117. The van der Waals surface area contributed by atoms with E-state index < -0.39 is 17.6 Å². The van der Waals surface area contributed by atoms with Gasteiger partial charge in [0.1, 0.15) is 5.82 Å². The third-order valence-corrected chi connectivity index (χ3v) is 3.00. The number of nitrogens with one attached hydrogen (secondary N) is 1. The van der Waals surface area contributed by atoms with Crippen LogP contribution in [0.15, 0.2) is 42.5 Å². The Labute approximate surface area is 121 Å². The van der Waals surface area contributed by atoms with Crippen molar-refractivity contribution < 1.29 is 14.0 Å². The van der Waals surface area contributed by atoms with E-state index >= 15 is 0 Å². The number of hydrogen-bond donors (Lipinski definition) is 2. The molecule has 21 heavy (non-hydrogen) atoms. The zero-order chi connectivity index (χ0) is 15.4. The van der Waals surface area contributed by atoms with Crippen LogP contribution in [0.3, 0.4) is 0 Å². The molecular formula is C16H15FN2O2. The number of halogens is 1. The molecule has 3 N–H and O–H groups in total. The first-order valence-corrected chi connectivity index (χ1v) is 6.41. The van der Waals surface area contributed by atoms with Gasteiger partial charge in [-0.25, -0.2) is 4.39 Å². The molecule has 0 aliphatic rings. The number of para-hydroxylation sites is 1. The molecule has 0 unspecified atom stereocenters. The molecule has 0 aliphatic heterocycles. The van der Waals surface area contributed by atoms with E-state index in [4.69, 9.17) is 5.73 Å². The lowest BCUT2D eigenvalue weighted by Gasteiger charge is -2.11. The van der Waals surface area contributed by atoms with Crippen LogP contribution in [0.1, 0.15) is 21.5 Å². The van der Waals surface area contributed by atoms with Crippen molar-refractivity contribution >= 4 is 17.5 Å². The molecule has 0 bridgehead atoms. The summed E-state index contributed by atoms with van der Waals surface area (Å²) in [7, 11) is 0. The highest BCUT2D eigenvalue weighted by atomic mass is 19.1. The Balaban J connectivity index is 2.27. The lowest BCUT2D eigenvalue weighted by atomic mass is 10.1. The molecule has 0 saturated heterocycles. The van der Waals surface area contributed by atoms with Gasteiger partial charge in [0.05, 0.1) is 12.0 Å². The number of carbonyl (C=O) groups excluding carboxylic acids is 2. The van der Waals surface area contributed by atoms with Gasteiger partial charge in [0.15, 0.2) is 0 Å². The van der Waals surface area contributed by atoms with Crippen molar-refractivity contribution in [2.75, 3.05) is 5.32 Å². The highest BCUT2D eigenvalue weighted by Gasteiger charge is 2.14. The largest absolute Gasteiger partial charge is 0.369 e. The molecule has 108 valence electrons. The summed E-state index contributed by atoms with van der Waals surface area (Å²) in [6, 6.07) is 11.1. The minimum Gasteiger partial charge on any atom is -0.369 e. The molecule has 0 saturated carbocycles. The molecule has 2 amide bonds. The van der Waals surface area contributed by atoms with E-state index in [-0.39, 0.29) is 12.0 Å². The van der Waals surface area contributed by atoms with Crippen molar-refractivity contribution in [3.63, 3.8) is 0 Å². The van der Waals surface area contributed by atoms with Gasteiger partial charge >= 0.3 is 0 Å². The molecular weight excluding hydrogens is 271 g/mol. The molecule has 2 rings (SSSR count). The molecule has 2 aromatic rings. The normalized spacial score (nSPS) is 10.2. The number of anilines is 1. The zero-order valence-electron chi connectivity index (χ0n) is 11.5. The van der Waals surface area contributed by atoms with Crippen molar-refractivity contribution in [2.45, 2.75) is 13.3 Å². The molecule has 0 spiro atoms. The van der Waals surface area contributed by atoms with Gasteiger partial charge in [-0.05, 0) is 30.7 Å². The van der Waals surface area contributed by atoms with Crippen molar-refractivity contribution in [3.05, 3.63) is 65.0 Å². The van der Waals surface area contributed by atoms with Crippen molar-refractivity contribution in [2.24, 2.45) is 5.73 Å². The Hall–Kier alpha value is -2.69. The van der Waals surface area contributed by atoms with Crippen LogP contribution in [0.25, 0.3) is 0 Å². The SMILES string of the molecule is Cc1ccc(F)c(C(=O)Nc2ccccc2CC(N)=O)c1. The van der Waals surface area contributed by atoms with Crippen LogP contribution in [0.4, 0.5) is 10.1 Å². The summed E-state index contributed by atoms with van der Waals surface area (Å²) in [4.78, 5) is 23.2. The number of hydrogen-bond acceptors (Lipinski definition) is 2. The maximum Gasteiger partial charge on any atom is 0.258 e. The van der Waals surface area contributed by atoms with Crippen LogP contribution in [0.2, 0.25) is 0 Å². The number of primary amides is 1. The molecule has 5 heteroatoms. The van der Waals surface area contributed by atoms with Crippen LogP contribution >= 0.6 is 0 Å². The van der Waals surface area contributed by atoms with Gasteiger partial charge in [0.25, 0.3) is 5.91 Å². The van der Waals surface area contributed by atoms with Gasteiger partial charge in [-0.1, -0.05) is 29.8 Å². The van der Waals surface area contributed by atoms with Crippen molar-refractivity contribution in [1.29, 1.82) is 0 Å². The monoisotopic (exact) mass is 286 g/mol. The van der Waals surface area contributed by atoms with Gasteiger partial charge in [-0.3, -0.25) is 9.59 Å². The average Bonchev–Trinajstić information content (AvgIpc) is 2.43. The van der Waals surface area contributed by atoms with Gasteiger partial charge in [0, 0.05) is 5.69 Å². The summed E-state index contributed by atoms with van der Waals surface area (Å²) in [5, 5.41) is 2.61. The Morgan fingerprint density at radius 1 is 1.19 bits per heavy atom. The van der Waals surface area contributed by atoms with Gasteiger partial charge in [-0.15, -0.1) is 0 Å². The van der Waals surface area contributed by atoms with Crippen LogP contribution in [-0.2, 0) is 11.2 Å². The Kier molecular flexibility index (Phi) is 4.33. The first-order valence-electron chi connectivity index (χ1n) is 6.41. The Morgan fingerprint density at radius 3 is 2.62 bits per heavy atom. The number of amides is 2. The molecule has 0 aromatic heterocycles. The van der Waals surface area contributed by atoms with E-state index in [9.17, 15) is 14.0 Å². The number of rotatable bonds is 4. The molecule has 0 aliphatic carbocycles. The lowest BCUT2D eigenvalue weighted by Crippen LogP contribution is -2.18. The maximum absolute atomic E-state index is 13.7. The van der Waals surface area contributed by atoms with Crippen LogP contribution in [0, 0.1) is 12.7 Å². The Bertz CT molecular complexity index is 698. The molecule has 0 fully saturated rings. The van der Waals surface area contributed by atoms with E-state index in [0.717, 1.165) is 5.56 Å². The third-order valence-electron chi connectivity index (χ3n) is 3.00. The van der Waals surface area contributed by atoms with Gasteiger partial charge < -0.3 is 11.1 Å². The topological polar surface area (TPSA) is 72.2 Å². The minimum absolute atomic E-state index is 0.00670. The minimum atomic E-state index is -0.592. The van der Waals surface area contributed by atoms with E-state index in [1.807, 2.05) is 0 Å². The predicted octanol–water partition coefficient (Wildman–Crippen LogP) is 2.41. The number of nitrogens with two attached hydrogens (primary N) is 1. The fourth-order valence-electron chi connectivity index (χ4n) is 1.99. The zero-order valence-corrected chi connectivity index (χ0v) is 11.5. The van der Waals surface area contributed by atoms with E-state index in [0.29, 0.717) is 11.3 Å². The van der Waals surface area contributed by atoms with Crippen LogP contribution < -0.4 is 11.1 Å². The van der Waals surface area contributed by atoms with Gasteiger partial charge in [0.2, 0.25) is 5.91 Å². The van der Waals surface area contributed by atoms with E-state index in [1.165, 1.54) is 12.1 Å². The van der Waals surface area contributed by atoms with E-state index in [1.54, 1.807) is 37.3 Å². The predicted molar refractivity (Wildman–Crippen MR) is 78.4 cm³/mol. The fraction of sp³-hybridized carbons (Fsp3) is 0.125. The van der Waals surface area contributed by atoms with Gasteiger partial charge in [-0.2, -0.15) is 0 Å². The fourth-order valence-corrected chi connectivity index (χ4v) is 1.99. The second-order valence-corrected chi connectivity index (χ2v) is 4.74. The average molecular weight is 286 g/mol. The summed E-state index contributed by atoms with van der Waals surface area (Å²) >= 11 is 0. The van der Waals surface area contributed by atoms with Crippen LogP contribution in [0.5, 0.6) is 0 Å². The summed E-state index contributed by atoms with van der Waals surface area (Å²) in [5.41, 5.74) is 6.95. The number of aryl methyl sites for hydroxylation is 1. The molecule has 2 aromatic carbocycles. The standard InChI is InChI=1S/C16H15FN2O2/c1-10-6-7-13(17)12(8-10)16(21)19-14-5-3-2-4-11(14)9-15(18)20/h2-8H,9H2,1H3,(H2,18,20)(H,19,21). The number of benzene rings is 2. The summed E-state index contributed by atoms with van der Waals surface area (Å²) < 4.78 is 13.7. The van der Waals surface area contributed by atoms with Crippen molar-refractivity contribution in [3.8, 4) is 0 Å². The molecule has 0 atom stereocenters. The molecule has 0 radical (unpaired) electrons. The first-order chi connectivity index (χ1) is 9.97. The second kappa shape index (κ2) is 6.17. The van der Waals surface area contributed by atoms with E-state index in [2.05, 4.69) is 5.32 Å². The maximum atomic E-state index is 13.7. The highest BCUT2D eigenvalue weighted by Crippen LogP contribution is 2.18. The van der Waals surface area contributed by atoms with Crippen LogP contribution in [-0.4, -0.2) is 11.8 Å². The third kappa shape index (κ3) is 3.66. The smallest absolute Gasteiger partial charge is 0.258 e. The first kappa shape index (κ1) is 14.7. The number of carbonyl (C=O) groups is 2. The highest BCUT2D eigenvalue weighted by molar-refractivity contribution is 6.05. The Morgan fingerprint density at radius 2 is 1.90 bits per heavy atom. The summed E-state index contributed by atoms with van der Waals surface area (Å²) in [6.45, 7) is 1.78. The molecule has 4 nitrogen and oxygen atoms in total. The summed E-state index contributed by atoms with van der Waals surface area (Å²) in [6.07, 6.45) is 0.00670. The molecule has 0 heterocycles. The second-order valence-electron chi connectivity index (χ2n) is 4.74. The summed E-state index contributed by atoms with van der Waals surface area (Å²) in [5.74, 6) is -1.66. The quantitative estimate of drug-likeness (QED) is 0.906.